The Balaban J connectivity index is 2.54. The summed E-state index contributed by atoms with van der Waals surface area (Å²) in [4.78, 5) is 0. The van der Waals surface area contributed by atoms with Gasteiger partial charge in [0.1, 0.15) is 0 Å². The molecule has 0 amide bonds. The lowest BCUT2D eigenvalue weighted by Gasteiger charge is -2.32. The van der Waals surface area contributed by atoms with E-state index in [0.29, 0.717) is 5.82 Å². The second-order valence-corrected chi connectivity index (χ2v) is 5.74. The molecule has 3 heteroatoms. The van der Waals surface area contributed by atoms with Crippen LogP contribution in [-0.2, 0) is 9.31 Å². The van der Waals surface area contributed by atoms with Gasteiger partial charge >= 0.3 is 7.12 Å². The minimum Gasteiger partial charge on any atom is -0.403 e. The van der Waals surface area contributed by atoms with Crippen LogP contribution in [0, 0.1) is 0 Å². The van der Waals surface area contributed by atoms with E-state index in [-0.39, 0.29) is 18.3 Å². The molecule has 0 radical (unpaired) electrons. The van der Waals surface area contributed by atoms with Crippen molar-refractivity contribution >= 4 is 7.12 Å². The fraction of sp³-hybridized carbons (Fsp3) is 1.00. The van der Waals surface area contributed by atoms with Crippen molar-refractivity contribution in [3.8, 4) is 0 Å². The van der Waals surface area contributed by atoms with Crippen LogP contribution in [0.4, 0.5) is 0 Å². The Labute approximate surface area is 94.9 Å². The maximum absolute atomic E-state index is 6.00. The third-order valence-electron chi connectivity index (χ3n) is 3.75. The van der Waals surface area contributed by atoms with Gasteiger partial charge in [0.15, 0.2) is 0 Å². The SMILES string of the molecule is CCCCC(C)B1OC(C)(C)C(C)(C)O1. The summed E-state index contributed by atoms with van der Waals surface area (Å²) in [6.07, 6.45) is 3.68. The van der Waals surface area contributed by atoms with Crippen molar-refractivity contribution in [2.45, 2.75) is 77.8 Å². The molecule has 0 saturated carbocycles. The highest BCUT2D eigenvalue weighted by Crippen LogP contribution is 2.40. The highest BCUT2D eigenvalue weighted by molar-refractivity contribution is 6.47. The van der Waals surface area contributed by atoms with Crippen LogP contribution in [0.15, 0.2) is 0 Å². The Morgan fingerprint density at radius 3 is 1.93 bits per heavy atom. The van der Waals surface area contributed by atoms with Gasteiger partial charge in [0.2, 0.25) is 0 Å². The topological polar surface area (TPSA) is 18.5 Å². The third kappa shape index (κ3) is 2.76. The van der Waals surface area contributed by atoms with Crippen LogP contribution >= 0.6 is 0 Å². The van der Waals surface area contributed by atoms with Crippen molar-refractivity contribution < 1.29 is 9.31 Å². The van der Waals surface area contributed by atoms with Crippen molar-refractivity contribution in [1.29, 1.82) is 0 Å². The van der Waals surface area contributed by atoms with Gasteiger partial charge in [-0.05, 0) is 33.5 Å². The predicted octanol–water partition coefficient (Wildman–Crippen LogP) is 3.66. The summed E-state index contributed by atoms with van der Waals surface area (Å²) in [5.41, 5.74) is -0.365. The van der Waals surface area contributed by atoms with Crippen molar-refractivity contribution in [3.63, 3.8) is 0 Å². The van der Waals surface area contributed by atoms with Crippen LogP contribution in [0.5, 0.6) is 0 Å². The zero-order valence-electron chi connectivity index (χ0n) is 11.1. The lowest BCUT2D eigenvalue weighted by molar-refractivity contribution is 0.00578. The zero-order chi connectivity index (χ0) is 11.7. The lowest BCUT2D eigenvalue weighted by Crippen LogP contribution is -2.41. The number of hydrogen-bond acceptors (Lipinski definition) is 2. The van der Waals surface area contributed by atoms with Gasteiger partial charge in [-0.1, -0.05) is 33.1 Å². The average Bonchev–Trinajstić information content (AvgIpc) is 2.32. The standard InChI is InChI=1S/C12H25BO2/c1-7-8-9-10(2)13-14-11(3,4)12(5,6)15-13/h10H,7-9H2,1-6H3. The first-order chi connectivity index (χ1) is 6.80. The first-order valence-electron chi connectivity index (χ1n) is 6.16. The van der Waals surface area contributed by atoms with E-state index >= 15 is 0 Å². The molecule has 1 atom stereocenters. The molecule has 1 saturated heterocycles. The maximum Gasteiger partial charge on any atom is 0.460 e. The molecule has 1 heterocycles. The minimum absolute atomic E-state index is 0.0263. The first kappa shape index (κ1) is 13.1. The summed E-state index contributed by atoms with van der Waals surface area (Å²) in [5, 5.41) is 0. The second-order valence-electron chi connectivity index (χ2n) is 5.74. The monoisotopic (exact) mass is 212 g/mol. The summed E-state index contributed by atoms with van der Waals surface area (Å²) in [7, 11) is -0.0263. The highest BCUT2D eigenvalue weighted by atomic mass is 16.7. The quantitative estimate of drug-likeness (QED) is 0.662. The molecule has 2 nitrogen and oxygen atoms in total. The van der Waals surface area contributed by atoms with Gasteiger partial charge in [-0.3, -0.25) is 0 Å². The molecule has 1 unspecified atom stereocenters. The van der Waals surface area contributed by atoms with Crippen LogP contribution in [0.3, 0.4) is 0 Å². The Bertz CT molecular complexity index is 198. The van der Waals surface area contributed by atoms with Crippen molar-refractivity contribution in [2.24, 2.45) is 0 Å². The molecule has 0 aromatic heterocycles. The predicted molar refractivity (Wildman–Crippen MR) is 65.0 cm³/mol. The van der Waals surface area contributed by atoms with E-state index in [1.165, 1.54) is 19.3 Å². The fourth-order valence-electron chi connectivity index (χ4n) is 1.78. The summed E-state index contributed by atoms with van der Waals surface area (Å²) < 4.78 is 12.0. The smallest absolute Gasteiger partial charge is 0.403 e. The van der Waals surface area contributed by atoms with Gasteiger partial charge in [0, 0.05) is 0 Å². The van der Waals surface area contributed by atoms with E-state index in [1.807, 2.05) is 0 Å². The number of hydrogen-bond donors (Lipinski definition) is 0. The van der Waals surface area contributed by atoms with Crippen molar-refractivity contribution in [3.05, 3.63) is 0 Å². The molecule has 0 N–H and O–H groups in total. The van der Waals surface area contributed by atoms with E-state index in [9.17, 15) is 0 Å². The average molecular weight is 212 g/mol. The van der Waals surface area contributed by atoms with Crippen LogP contribution in [0.25, 0.3) is 0 Å². The van der Waals surface area contributed by atoms with Gasteiger partial charge in [0.25, 0.3) is 0 Å². The maximum atomic E-state index is 6.00. The lowest BCUT2D eigenvalue weighted by atomic mass is 9.70. The Hall–Kier alpha value is -0.0151. The van der Waals surface area contributed by atoms with Gasteiger partial charge in [-0.15, -0.1) is 0 Å². The van der Waals surface area contributed by atoms with Gasteiger partial charge in [-0.25, -0.2) is 0 Å². The normalized spacial score (nSPS) is 25.6. The minimum atomic E-state index is -0.182. The summed E-state index contributed by atoms with van der Waals surface area (Å²) in [6.45, 7) is 12.9. The number of unbranched alkanes of at least 4 members (excludes halogenated alkanes) is 1. The molecule has 1 aliphatic rings. The Morgan fingerprint density at radius 1 is 1.07 bits per heavy atom. The molecule has 0 aromatic carbocycles. The summed E-state index contributed by atoms with van der Waals surface area (Å²) in [6, 6.07) is 0. The molecular weight excluding hydrogens is 187 g/mol. The molecule has 1 rings (SSSR count). The molecule has 1 aliphatic heterocycles. The number of rotatable bonds is 4. The largest absolute Gasteiger partial charge is 0.460 e. The molecule has 88 valence electrons. The summed E-state index contributed by atoms with van der Waals surface area (Å²) >= 11 is 0. The van der Waals surface area contributed by atoms with Gasteiger partial charge < -0.3 is 9.31 Å². The van der Waals surface area contributed by atoms with Crippen LogP contribution in [0.2, 0.25) is 5.82 Å². The highest BCUT2D eigenvalue weighted by Gasteiger charge is 2.52. The first-order valence-corrected chi connectivity index (χ1v) is 6.16. The molecule has 0 spiro atoms. The van der Waals surface area contributed by atoms with Crippen LogP contribution < -0.4 is 0 Å². The summed E-state index contributed by atoms with van der Waals surface area (Å²) in [5.74, 6) is 0.492. The van der Waals surface area contributed by atoms with Crippen molar-refractivity contribution in [1.82, 2.24) is 0 Å². The van der Waals surface area contributed by atoms with Crippen LogP contribution in [-0.4, -0.2) is 18.3 Å². The Kier molecular flexibility index (Phi) is 3.88. The Morgan fingerprint density at radius 2 is 1.53 bits per heavy atom. The van der Waals surface area contributed by atoms with Gasteiger partial charge in [0.05, 0.1) is 11.2 Å². The van der Waals surface area contributed by atoms with E-state index in [4.69, 9.17) is 9.31 Å². The fourth-order valence-corrected chi connectivity index (χ4v) is 1.78. The molecular formula is C12H25BO2. The molecule has 0 aromatic rings. The van der Waals surface area contributed by atoms with E-state index in [2.05, 4.69) is 41.5 Å². The van der Waals surface area contributed by atoms with E-state index in [1.54, 1.807) is 0 Å². The zero-order valence-corrected chi connectivity index (χ0v) is 11.1. The van der Waals surface area contributed by atoms with Crippen molar-refractivity contribution in [2.75, 3.05) is 0 Å². The molecule has 0 bridgehead atoms. The van der Waals surface area contributed by atoms with E-state index < -0.39 is 0 Å². The van der Waals surface area contributed by atoms with Gasteiger partial charge in [-0.2, -0.15) is 0 Å². The third-order valence-corrected chi connectivity index (χ3v) is 3.75. The molecule has 1 fully saturated rings. The van der Waals surface area contributed by atoms with Crippen LogP contribution in [0.1, 0.15) is 60.8 Å². The second kappa shape index (κ2) is 4.46. The molecule has 15 heavy (non-hydrogen) atoms. The van der Waals surface area contributed by atoms with E-state index in [0.717, 1.165) is 0 Å². The molecule has 0 aliphatic carbocycles.